The van der Waals surface area contributed by atoms with E-state index in [-0.39, 0.29) is 11.1 Å². The maximum atomic E-state index is 11.5. The summed E-state index contributed by atoms with van der Waals surface area (Å²) in [4.78, 5) is 18.5. The molecule has 2 aromatic rings. The van der Waals surface area contributed by atoms with Gasteiger partial charge < -0.3 is 4.98 Å². The first-order valence-corrected chi connectivity index (χ1v) is 5.34. The number of aromatic nitrogens is 2. The fourth-order valence-corrected chi connectivity index (χ4v) is 1.68. The fraction of sp³-hybridized carbons (Fsp3) is 0.154. The number of pyridine rings is 2. The SMILES string of the molecule is CCc1[nH]c(=O)c(C#N)cc1-c1ccccn1. The second kappa shape index (κ2) is 4.62. The summed E-state index contributed by atoms with van der Waals surface area (Å²) in [6, 6.07) is 9.04. The zero-order valence-corrected chi connectivity index (χ0v) is 9.40. The van der Waals surface area contributed by atoms with Crippen LogP contribution >= 0.6 is 0 Å². The van der Waals surface area contributed by atoms with Gasteiger partial charge in [-0.3, -0.25) is 9.78 Å². The summed E-state index contributed by atoms with van der Waals surface area (Å²) >= 11 is 0. The lowest BCUT2D eigenvalue weighted by Crippen LogP contribution is -2.13. The third kappa shape index (κ3) is 2.08. The molecule has 2 aromatic heterocycles. The third-order valence-electron chi connectivity index (χ3n) is 2.54. The van der Waals surface area contributed by atoms with Gasteiger partial charge in [0.05, 0.1) is 5.69 Å². The van der Waals surface area contributed by atoms with Crippen LogP contribution in [-0.4, -0.2) is 9.97 Å². The molecular weight excluding hydrogens is 214 g/mol. The van der Waals surface area contributed by atoms with Crippen molar-refractivity contribution in [2.45, 2.75) is 13.3 Å². The summed E-state index contributed by atoms with van der Waals surface area (Å²) in [6.07, 6.45) is 2.37. The molecule has 0 aliphatic rings. The molecule has 0 radical (unpaired) electrons. The van der Waals surface area contributed by atoms with Crippen LogP contribution in [0, 0.1) is 11.3 Å². The number of nitrogens with one attached hydrogen (secondary N) is 1. The minimum atomic E-state index is -0.343. The zero-order valence-electron chi connectivity index (χ0n) is 9.40. The third-order valence-corrected chi connectivity index (χ3v) is 2.54. The summed E-state index contributed by atoms with van der Waals surface area (Å²) < 4.78 is 0. The van der Waals surface area contributed by atoms with E-state index in [1.807, 2.05) is 31.2 Å². The summed E-state index contributed by atoms with van der Waals surface area (Å²) in [5, 5.41) is 8.86. The normalized spacial score (nSPS) is 9.88. The van der Waals surface area contributed by atoms with E-state index in [2.05, 4.69) is 9.97 Å². The first-order valence-electron chi connectivity index (χ1n) is 5.34. The molecule has 0 aliphatic heterocycles. The van der Waals surface area contributed by atoms with Crippen molar-refractivity contribution < 1.29 is 0 Å². The maximum Gasteiger partial charge on any atom is 0.266 e. The van der Waals surface area contributed by atoms with Gasteiger partial charge in [0.1, 0.15) is 11.6 Å². The van der Waals surface area contributed by atoms with E-state index in [0.717, 1.165) is 17.0 Å². The molecule has 0 bridgehead atoms. The van der Waals surface area contributed by atoms with Gasteiger partial charge in [-0.2, -0.15) is 5.26 Å². The highest BCUT2D eigenvalue weighted by atomic mass is 16.1. The zero-order chi connectivity index (χ0) is 12.3. The Labute approximate surface area is 98.6 Å². The van der Waals surface area contributed by atoms with E-state index >= 15 is 0 Å². The number of nitrogens with zero attached hydrogens (tertiary/aromatic N) is 2. The Morgan fingerprint density at radius 2 is 2.29 bits per heavy atom. The molecule has 1 N–H and O–H groups in total. The number of rotatable bonds is 2. The van der Waals surface area contributed by atoms with Gasteiger partial charge in [0.15, 0.2) is 0 Å². The van der Waals surface area contributed by atoms with Crippen molar-refractivity contribution in [1.29, 1.82) is 5.26 Å². The molecule has 0 fully saturated rings. The van der Waals surface area contributed by atoms with E-state index < -0.39 is 0 Å². The minimum Gasteiger partial charge on any atom is -0.324 e. The molecule has 4 nitrogen and oxygen atoms in total. The Morgan fingerprint density at radius 1 is 1.47 bits per heavy atom. The lowest BCUT2D eigenvalue weighted by molar-refractivity contribution is 1.01. The predicted octanol–water partition coefficient (Wildman–Crippen LogP) is 1.87. The van der Waals surface area contributed by atoms with Crippen molar-refractivity contribution in [2.24, 2.45) is 0 Å². The molecule has 2 heterocycles. The van der Waals surface area contributed by atoms with Crippen LogP contribution in [0.5, 0.6) is 0 Å². The van der Waals surface area contributed by atoms with E-state index in [9.17, 15) is 4.79 Å². The highest BCUT2D eigenvalue weighted by molar-refractivity contribution is 5.63. The van der Waals surface area contributed by atoms with Crippen molar-refractivity contribution in [3.63, 3.8) is 0 Å². The van der Waals surface area contributed by atoms with Crippen LogP contribution in [-0.2, 0) is 6.42 Å². The smallest absolute Gasteiger partial charge is 0.266 e. The molecule has 0 amide bonds. The van der Waals surface area contributed by atoms with Crippen molar-refractivity contribution >= 4 is 0 Å². The lowest BCUT2D eigenvalue weighted by Gasteiger charge is -2.07. The average Bonchev–Trinajstić information content (AvgIpc) is 2.39. The molecule has 17 heavy (non-hydrogen) atoms. The Bertz CT molecular complexity index is 623. The molecule has 2 rings (SSSR count). The van der Waals surface area contributed by atoms with Crippen LogP contribution in [0.15, 0.2) is 35.3 Å². The Balaban J connectivity index is 2.69. The van der Waals surface area contributed by atoms with Gasteiger partial charge in [-0.1, -0.05) is 13.0 Å². The van der Waals surface area contributed by atoms with Crippen LogP contribution < -0.4 is 5.56 Å². The molecule has 0 saturated carbocycles. The number of nitriles is 1. The molecule has 0 atom stereocenters. The number of aryl methyl sites for hydroxylation is 1. The van der Waals surface area contributed by atoms with E-state index in [0.29, 0.717) is 6.42 Å². The molecule has 0 aliphatic carbocycles. The van der Waals surface area contributed by atoms with Gasteiger partial charge in [0, 0.05) is 17.5 Å². The number of hydrogen-bond acceptors (Lipinski definition) is 3. The number of hydrogen-bond donors (Lipinski definition) is 1. The molecule has 84 valence electrons. The number of H-pyrrole nitrogens is 1. The molecule has 0 aromatic carbocycles. The van der Waals surface area contributed by atoms with Gasteiger partial charge in [-0.15, -0.1) is 0 Å². The summed E-state index contributed by atoms with van der Waals surface area (Å²) in [6.45, 7) is 1.95. The topological polar surface area (TPSA) is 69.5 Å². The van der Waals surface area contributed by atoms with Crippen LogP contribution in [0.2, 0.25) is 0 Å². The molecule has 0 unspecified atom stereocenters. The molecular formula is C13H11N3O. The van der Waals surface area contributed by atoms with E-state index in [1.165, 1.54) is 0 Å². The first kappa shape index (κ1) is 11.1. The number of aromatic amines is 1. The van der Waals surface area contributed by atoms with Crippen molar-refractivity contribution in [3.05, 3.63) is 52.1 Å². The lowest BCUT2D eigenvalue weighted by atomic mass is 10.1. The Hall–Kier alpha value is -2.41. The second-order valence-electron chi connectivity index (χ2n) is 3.58. The molecule has 0 spiro atoms. The van der Waals surface area contributed by atoms with Gasteiger partial charge in [0.25, 0.3) is 5.56 Å². The molecule has 4 heteroatoms. The van der Waals surface area contributed by atoms with Crippen molar-refractivity contribution in [2.75, 3.05) is 0 Å². The van der Waals surface area contributed by atoms with Gasteiger partial charge >= 0.3 is 0 Å². The molecule has 0 saturated heterocycles. The van der Waals surface area contributed by atoms with Crippen LogP contribution in [0.3, 0.4) is 0 Å². The predicted molar refractivity (Wildman–Crippen MR) is 64.4 cm³/mol. The quantitative estimate of drug-likeness (QED) is 0.848. The maximum absolute atomic E-state index is 11.5. The van der Waals surface area contributed by atoms with E-state index in [4.69, 9.17) is 5.26 Å². The minimum absolute atomic E-state index is 0.114. The highest BCUT2D eigenvalue weighted by Gasteiger charge is 2.09. The standard InChI is InChI=1S/C13H11N3O/c1-2-11-10(12-5-3-4-6-15-12)7-9(8-14)13(17)16-11/h3-7H,2H2,1H3,(H,16,17). The fourth-order valence-electron chi connectivity index (χ4n) is 1.68. The Kier molecular flexibility index (Phi) is 3.01. The monoisotopic (exact) mass is 225 g/mol. The first-order chi connectivity index (χ1) is 8.26. The van der Waals surface area contributed by atoms with Gasteiger partial charge in [0.2, 0.25) is 0 Å². The Morgan fingerprint density at radius 3 is 2.88 bits per heavy atom. The summed E-state index contributed by atoms with van der Waals surface area (Å²) in [5.74, 6) is 0. The van der Waals surface area contributed by atoms with Crippen molar-refractivity contribution in [1.82, 2.24) is 9.97 Å². The van der Waals surface area contributed by atoms with Gasteiger partial charge in [-0.05, 0) is 24.6 Å². The van der Waals surface area contributed by atoms with Gasteiger partial charge in [-0.25, -0.2) is 0 Å². The van der Waals surface area contributed by atoms with Crippen LogP contribution in [0.4, 0.5) is 0 Å². The van der Waals surface area contributed by atoms with E-state index in [1.54, 1.807) is 12.3 Å². The van der Waals surface area contributed by atoms with Crippen LogP contribution in [0.1, 0.15) is 18.2 Å². The summed E-state index contributed by atoms with van der Waals surface area (Å²) in [5.41, 5.74) is 2.14. The van der Waals surface area contributed by atoms with Crippen molar-refractivity contribution in [3.8, 4) is 17.3 Å². The second-order valence-corrected chi connectivity index (χ2v) is 3.58. The average molecular weight is 225 g/mol. The largest absolute Gasteiger partial charge is 0.324 e. The summed E-state index contributed by atoms with van der Waals surface area (Å²) in [7, 11) is 0. The van der Waals surface area contributed by atoms with Crippen LogP contribution in [0.25, 0.3) is 11.3 Å². The highest BCUT2D eigenvalue weighted by Crippen LogP contribution is 2.19.